The maximum Gasteiger partial charge on any atom is 0.126 e. The quantitative estimate of drug-likeness (QED) is 0.309. The van der Waals surface area contributed by atoms with Crippen molar-refractivity contribution in [2.24, 2.45) is 5.73 Å². The first-order valence-electron chi connectivity index (χ1n) is 12.9. The molecule has 0 amide bonds. The normalized spacial score (nSPS) is 19.4. The van der Waals surface area contributed by atoms with Gasteiger partial charge < -0.3 is 15.6 Å². The van der Waals surface area contributed by atoms with Gasteiger partial charge in [0.05, 0.1) is 12.1 Å². The first kappa shape index (κ1) is 26.0. The topological polar surface area (TPSA) is 58.7 Å². The number of halogens is 2. The molecule has 0 unspecified atom stereocenters. The molecule has 1 aliphatic heterocycles. The minimum absolute atomic E-state index is 0.139. The molecule has 1 fully saturated rings. The molecule has 6 heteroatoms. The number of rotatable bonds is 9. The van der Waals surface area contributed by atoms with E-state index in [2.05, 4.69) is 29.2 Å². The Morgan fingerprint density at radius 2 is 1.34 bits per heavy atom. The number of hydrogen-bond donors (Lipinski definition) is 2. The Bertz CT molecular complexity index is 1250. The van der Waals surface area contributed by atoms with Gasteiger partial charge in [-0.1, -0.05) is 78.9 Å². The van der Waals surface area contributed by atoms with E-state index >= 15 is 0 Å². The fourth-order valence-electron chi connectivity index (χ4n) is 5.51. The van der Waals surface area contributed by atoms with Gasteiger partial charge in [0.1, 0.15) is 23.5 Å². The van der Waals surface area contributed by atoms with Crippen LogP contribution in [0.1, 0.15) is 29.2 Å². The maximum atomic E-state index is 13.8. The number of para-hydroxylation sites is 1. The third kappa shape index (κ3) is 6.10. The summed E-state index contributed by atoms with van der Waals surface area (Å²) in [6.07, 6.45) is -0.435. The van der Waals surface area contributed by atoms with E-state index in [1.54, 1.807) is 0 Å². The highest BCUT2D eigenvalue weighted by Crippen LogP contribution is 2.37. The van der Waals surface area contributed by atoms with Crippen LogP contribution in [0.4, 0.5) is 8.78 Å². The minimum atomic E-state index is -0.958. The Morgan fingerprint density at radius 1 is 0.816 bits per heavy atom. The van der Waals surface area contributed by atoms with Crippen LogP contribution in [-0.4, -0.2) is 40.8 Å². The third-order valence-electron chi connectivity index (χ3n) is 7.18. The number of benzene rings is 4. The molecular formula is C32H32F2N2O2. The molecule has 4 aromatic rings. The van der Waals surface area contributed by atoms with Crippen molar-refractivity contribution < 1.29 is 18.6 Å². The molecule has 0 spiro atoms. The highest BCUT2D eigenvalue weighted by molar-refractivity contribution is 5.33. The number of nitrogens with zero attached hydrogens (tertiary/aromatic N) is 1. The largest absolute Gasteiger partial charge is 0.489 e. The molecule has 3 N–H and O–H groups in total. The molecule has 0 bridgehead atoms. The van der Waals surface area contributed by atoms with Gasteiger partial charge in [0.2, 0.25) is 0 Å². The van der Waals surface area contributed by atoms with E-state index in [1.807, 2.05) is 66.7 Å². The van der Waals surface area contributed by atoms with Crippen LogP contribution in [0.2, 0.25) is 0 Å². The highest BCUT2D eigenvalue weighted by Gasteiger charge is 2.43. The lowest BCUT2D eigenvalue weighted by Crippen LogP contribution is -2.50. The molecule has 196 valence electrons. The van der Waals surface area contributed by atoms with Crippen molar-refractivity contribution in [1.82, 2.24) is 4.90 Å². The predicted molar refractivity (Wildman–Crippen MR) is 145 cm³/mol. The maximum absolute atomic E-state index is 13.8. The molecule has 4 nitrogen and oxygen atoms in total. The molecule has 0 radical (unpaired) electrons. The van der Waals surface area contributed by atoms with Crippen LogP contribution in [0.15, 0.2) is 109 Å². The van der Waals surface area contributed by atoms with Gasteiger partial charge in [0.25, 0.3) is 0 Å². The Morgan fingerprint density at radius 3 is 1.89 bits per heavy atom. The van der Waals surface area contributed by atoms with E-state index in [1.165, 1.54) is 12.1 Å². The standard InChI is InChI=1S/C32H32F2N2O2/c33-25-16-22(17-26(34)19-25)18-29(35)32(37)30-20-28(38-27-14-8-3-9-15-27)21-36(30)31(23-10-4-1-5-11-23)24-12-6-2-7-13-24/h1-17,19,28-32,37H,18,20-21,35H2/t28-,29+,30-,32+/m1/s1. The Hall–Kier alpha value is -3.58. The van der Waals surface area contributed by atoms with Crippen molar-refractivity contribution in [3.8, 4) is 5.75 Å². The number of aliphatic hydroxyl groups excluding tert-OH is 1. The summed E-state index contributed by atoms with van der Waals surface area (Å²) in [7, 11) is 0. The Labute approximate surface area is 222 Å². The van der Waals surface area contributed by atoms with Gasteiger partial charge in [-0.05, 0) is 47.4 Å². The lowest BCUT2D eigenvalue weighted by Gasteiger charge is -2.37. The SMILES string of the molecule is N[C@@H](Cc1cc(F)cc(F)c1)[C@H](O)[C@H]1C[C@@H](Oc2ccccc2)CN1C(c1ccccc1)c1ccccc1. The summed E-state index contributed by atoms with van der Waals surface area (Å²) in [6.45, 7) is 0.576. The zero-order valence-electron chi connectivity index (χ0n) is 21.0. The van der Waals surface area contributed by atoms with Crippen molar-refractivity contribution in [2.75, 3.05) is 6.54 Å². The summed E-state index contributed by atoms with van der Waals surface area (Å²) in [4.78, 5) is 2.26. The number of likely N-dealkylation sites (tertiary alicyclic amines) is 1. The first-order chi connectivity index (χ1) is 18.5. The van der Waals surface area contributed by atoms with Crippen LogP contribution >= 0.6 is 0 Å². The van der Waals surface area contributed by atoms with E-state index in [0.29, 0.717) is 18.5 Å². The fraction of sp³-hybridized carbons (Fsp3) is 0.250. The second kappa shape index (κ2) is 11.9. The molecule has 1 saturated heterocycles. The summed E-state index contributed by atoms with van der Waals surface area (Å²) in [5.41, 5.74) is 9.11. The summed E-state index contributed by atoms with van der Waals surface area (Å²) < 4.78 is 34.0. The second-order valence-electron chi connectivity index (χ2n) is 9.91. The van der Waals surface area contributed by atoms with Crippen molar-refractivity contribution in [3.63, 3.8) is 0 Å². The smallest absolute Gasteiger partial charge is 0.126 e. The van der Waals surface area contributed by atoms with E-state index in [0.717, 1.165) is 22.9 Å². The van der Waals surface area contributed by atoms with Crippen molar-refractivity contribution >= 4 is 0 Å². The van der Waals surface area contributed by atoms with Crippen molar-refractivity contribution in [2.45, 2.75) is 43.2 Å². The number of hydrogen-bond acceptors (Lipinski definition) is 4. The van der Waals surface area contributed by atoms with Crippen molar-refractivity contribution in [1.29, 1.82) is 0 Å². The number of nitrogens with two attached hydrogens (primary N) is 1. The number of aliphatic hydroxyl groups is 1. The molecule has 4 aromatic carbocycles. The third-order valence-corrected chi connectivity index (χ3v) is 7.18. The molecule has 1 heterocycles. The molecule has 0 aliphatic carbocycles. The van der Waals surface area contributed by atoms with Gasteiger partial charge >= 0.3 is 0 Å². The molecule has 0 saturated carbocycles. The highest BCUT2D eigenvalue weighted by atomic mass is 19.1. The molecule has 4 atom stereocenters. The van der Waals surface area contributed by atoms with E-state index < -0.39 is 23.8 Å². The van der Waals surface area contributed by atoms with Crippen LogP contribution in [0.3, 0.4) is 0 Å². The van der Waals surface area contributed by atoms with E-state index in [9.17, 15) is 13.9 Å². The second-order valence-corrected chi connectivity index (χ2v) is 9.91. The average Bonchev–Trinajstić information content (AvgIpc) is 3.32. The van der Waals surface area contributed by atoms with Gasteiger partial charge in [0.15, 0.2) is 0 Å². The predicted octanol–water partition coefficient (Wildman–Crippen LogP) is 5.51. The number of ether oxygens (including phenoxy) is 1. The van der Waals surface area contributed by atoms with Crippen LogP contribution in [0, 0.1) is 11.6 Å². The van der Waals surface area contributed by atoms with Crippen LogP contribution in [-0.2, 0) is 6.42 Å². The van der Waals surface area contributed by atoms with Gasteiger partial charge in [-0.15, -0.1) is 0 Å². The lowest BCUT2D eigenvalue weighted by atomic mass is 9.92. The summed E-state index contributed by atoms with van der Waals surface area (Å²) in [6, 6.07) is 32.1. The minimum Gasteiger partial charge on any atom is -0.489 e. The van der Waals surface area contributed by atoms with Gasteiger partial charge in [-0.3, -0.25) is 4.90 Å². The zero-order chi connectivity index (χ0) is 26.5. The molecule has 1 aliphatic rings. The summed E-state index contributed by atoms with van der Waals surface area (Å²) in [5.74, 6) is -0.550. The van der Waals surface area contributed by atoms with Crippen LogP contribution in [0.25, 0.3) is 0 Å². The molecule has 38 heavy (non-hydrogen) atoms. The van der Waals surface area contributed by atoms with Gasteiger partial charge in [-0.2, -0.15) is 0 Å². The molecular weight excluding hydrogens is 482 g/mol. The molecule has 5 rings (SSSR count). The Kier molecular flexibility index (Phi) is 8.13. The summed E-state index contributed by atoms with van der Waals surface area (Å²) >= 11 is 0. The van der Waals surface area contributed by atoms with Gasteiger partial charge in [-0.25, -0.2) is 8.78 Å². The fourth-order valence-corrected chi connectivity index (χ4v) is 5.51. The Balaban J connectivity index is 1.47. The molecule has 0 aromatic heterocycles. The van der Waals surface area contributed by atoms with Crippen LogP contribution < -0.4 is 10.5 Å². The lowest BCUT2D eigenvalue weighted by molar-refractivity contribution is 0.0405. The van der Waals surface area contributed by atoms with Gasteiger partial charge in [0, 0.05) is 31.1 Å². The summed E-state index contributed by atoms with van der Waals surface area (Å²) in [5, 5.41) is 11.6. The van der Waals surface area contributed by atoms with Crippen LogP contribution in [0.5, 0.6) is 5.75 Å². The van der Waals surface area contributed by atoms with E-state index in [-0.39, 0.29) is 24.6 Å². The first-order valence-corrected chi connectivity index (χ1v) is 12.9. The monoisotopic (exact) mass is 514 g/mol. The van der Waals surface area contributed by atoms with Crippen molar-refractivity contribution in [3.05, 3.63) is 138 Å². The zero-order valence-corrected chi connectivity index (χ0v) is 21.0. The van der Waals surface area contributed by atoms with E-state index in [4.69, 9.17) is 10.5 Å². The average molecular weight is 515 g/mol.